The van der Waals surface area contributed by atoms with Crippen molar-refractivity contribution in [3.63, 3.8) is 0 Å². The van der Waals surface area contributed by atoms with Crippen LogP contribution >= 0.6 is 0 Å². The zero-order valence-electron chi connectivity index (χ0n) is 17.3. The molecule has 0 saturated carbocycles. The predicted octanol–water partition coefficient (Wildman–Crippen LogP) is 1.05. The van der Waals surface area contributed by atoms with Gasteiger partial charge in [-0.3, -0.25) is 9.78 Å². The van der Waals surface area contributed by atoms with Gasteiger partial charge in [0.15, 0.2) is 0 Å². The first-order valence-corrected chi connectivity index (χ1v) is 12.0. The number of benzene rings is 1. The monoisotopic (exact) mass is 454 g/mol. The molecule has 0 aliphatic rings. The molecule has 1 aromatic carbocycles. The number of carbonyl (C=O) groups is 1. The second kappa shape index (κ2) is 9.65. The molecule has 164 valence electrons. The Kier molecular flexibility index (Phi) is 7.70. The molecule has 2 rings (SSSR count). The minimum absolute atomic E-state index is 0.00321. The highest BCUT2D eigenvalue weighted by Gasteiger charge is 2.24. The van der Waals surface area contributed by atoms with E-state index in [9.17, 15) is 21.6 Å². The van der Waals surface area contributed by atoms with Gasteiger partial charge in [0, 0.05) is 39.1 Å². The lowest BCUT2D eigenvalue weighted by Crippen LogP contribution is -2.38. The van der Waals surface area contributed by atoms with Gasteiger partial charge in [-0.2, -0.15) is 8.61 Å². The molecule has 1 N–H and O–H groups in total. The summed E-state index contributed by atoms with van der Waals surface area (Å²) in [4.78, 5) is 16.1. The Balaban J connectivity index is 1.97. The predicted molar refractivity (Wildman–Crippen MR) is 112 cm³/mol. The molecule has 11 heteroatoms. The Morgan fingerprint density at radius 1 is 1.00 bits per heavy atom. The maximum absolute atomic E-state index is 12.5. The van der Waals surface area contributed by atoms with Gasteiger partial charge in [-0.05, 0) is 43.7 Å². The van der Waals surface area contributed by atoms with Crippen molar-refractivity contribution < 1.29 is 21.6 Å². The molecule has 1 aromatic heterocycles. The average Bonchev–Trinajstić information content (AvgIpc) is 2.72. The third-order valence-electron chi connectivity index (χ3n) is 4.53. The van der Waals surface area contributed by atoms with E-state index in [2.05, 4.69) is 10.3 Å². The number of amides is 1. The van der Waals surface area contributed by atoms with Gasteiger partial charge in [0.25, 0.3) is 0 Å². The van der Waals surface area contributed by atoms with Crippen molar-refractivity contribution in [1.29, 1.82) is 0 Å². The maximum atomic E-state index is 12.5. The zero-order valence-corrected chi connectivity index (χ0v) is 18.9. The van der Waals surface area contributed by atoms with Crippen LogP contribution in [-0.4, -0.2) is 63.0 Å². The highest BCUT2D eigenvalue weighted by atomic mass is 32.2. The molecule has 0 bridgehead atoms. The van der Waals surface area contributed by atoms with Crippen LogP contribution in [0.3, 0.4) is 0 Å². The number of hydrogen-bond acceptors (Lipinski definition) is 6. The number of hydrogen-bond donors (Lipinski definition) is 1. The largest absolute Gasteiger partial charge is 0.351 e. The van der Waals surface area contributed by atoms with E-state index in [-0.39, 0.29) is 28.9 Å². The molecule has 0 saturated heterocycles. The van der Waals surface area contributed by atoms with Gasteiger partial charge in [0.05, 0.1) is 11.4 Å². The molecule has 0 spiro atoms. The molecule has 0 radical (unpaired) electrons. The summed E-state index contributed by atoms with van der Waals surface area (Å²) in [6, 6.07) is 8.92. The Hall–Kier alpha value is -2.34. The highest BCUT2D eigenvalue weighted by Crippen LogP contribution is 2.17. The Morgan fingerprint density at radius 3 is 2.17 bits per heavy atom. The fourth-order valence-corrected chi connectivity index (χ4v) is 4.91. The molecule has 30 heavy (non-hydrogen) atoms. The van der Waals surface area contributed by atoms with Crippen molar-refractivity contribution in [3.8, 4) is 0 Å². The first-order chi connectivity index (χ1) is 14.0. The van der Waals surface area contributed by atoms with E-state index in [0.717, 1.165) is 4.31 Å². The summed E-state index contributed by atoms with van der Waals surface area (Å²) in [6.45, 7) is 3.35. The second-order valence-electron chi connectivity index (χ2n) is 6.99. The minimum Gasteiger partial charge on any atom is -0.351 e. The van der Waals surface area contributed by atoms with Gasteiger partial charge in [-0.15, -0.1) is 0 Å². The lowest BCUT2D eigenvalue weighted by Gasteiger charge is -2.21. The molecule has 0 aliphatic heterocycles. The third kappa shape index (κ3) is 5.63. The minimum atomic E-state index is -3.82. The van der Waals surface area contributed by atoms with E-state index in [4.69, 9.17) is 0 Å². The third-order valence-corrected chi connectivity index (χ3v) is 8.36. The quantitative estimate of drug-likeness (QED) is 0.605. The molecule has 1 amide bonds. The standard InChI is InChI=1S/C19H26N4O5S2/c1-15(2)23(4)30(27,28)17-9-7-16(8-10-17)12-21-19(24)14-22(3)29(25,26)18-6-5-11-20-13-18/h5-11,13,15H,12,14H2,1-4H3,(H,21,24). The molecule has 2 aromatic rings. The Labute approximate surface area is 177 Å². The number of aromatic nitrogens is 1. The smallest absolute Gasteiger partial charge is 0.244 e. The summed E-state index contributed by atoms with van der Waals surface area (Å²) in [7, 11) is -4.56. The summed E-state index contributed by atoms with van der Waals surface area (Å²) in [5, 5.41) is 2.63. The van der Waals surface area contributed by atoms with Crippen LogP contribution in [0.25, 0.3) is 0 Å². The van der Waals surface area contributed by atoms with Gasteiger partial charge < -0.3 is 5.32 Å². The van der Waals surface area contributed by atoms with Crippen LogP contribution < -0.4 is 5.32 Å². The van der Waals surface area contributed by atoms with Gasteiger partial charge in [0.1, 0.15) is 4.90 Å². The summed E-state index contributed by atoms with van der Waals surface area (Å²) in [6.07, 6.45) is 2.68. The molecule has 0 fully saturated rings. The first-order valence-electron chi connectivity index (χ1n) is 9.16. The van der Waals surface area contributed by atoms with Crippen LogP contribution in [0, 0.1) is 0 Å². The van der Waals surface area contributed by atoms with E-state index in [1.165, 1.54) is 55.1 Å². The van der Waals surface area contributed by atoms with Crippen molar-refractivity contribution in [2.24, 2.45) is 0 Å². The van der Waals surface area contributed by atoms with E-state index < -0.39 is 26.0 Å². The summed E-state index contributed by atoms with van der Waals surface area (Å²) < 4.78 is 52.0. The van der Waals surface area contributed by atoms with Crippen molar-refractivity contribution in [3.05, 3.63) is 54.4 Å². The zero-order chi connectivity index (χ0) is 22.5. The molecule has 0 unspecified atom stereocenters. The molecular formula is C19H26N4O5S2. The van der Waals surface area contributed by atoms with Crippen LogP contribution in [0.4, 0.5) is 0 Å². The van der Waals surface area contributed by atoms with Gasteiger partial charge >= 0.3 is 0 Å². The topological polar surface area (TPSA) is 117 Å². The molecule has 1 heterocycles. The first kappa shape index (κ1) is 23.9. The lowest BCUT2D eigenvalue weighted by molar-refractivity contribution is -0.121. The highest BCUT2D eigenvalue weighted by molar-refractivity contribution is 7.89. The van der Waals surface area contributed by atoms with Crippen LogP contribution in [-0.2, 0) is 31.4 Å². The van der Waals surface area contributed by atoms with Crippen molar-refractivity contribution in [2.75, 3.05) is 20.6 Å². The van der Waals surface area contributed by atoms with E-state index in [1.807, 2.05) is 0 Å². The normalized spacial score (nSPS) is 12.5. The number of sulfonamides is 2. The van der Waals surface area contributed by atoms with Crippen LogP contribution in [0.15, 0.2) is 58.6 Å². The summed E-state index contributed by atoms with van der Waals surface area (Å²) >= 11 is 0. The van der Waals surface area contributed by atoms with Crippen molar-refractivity contribution in [2.45, 2.75) is 36.2 Å². The Morgan fingerprint density at radius 2 is 1.63 bits per heavy atom. The van der Waals surface area contributed by atoms with E-state index in [0.29, 0.717) is 5.56 Å². The Bertz CT molecular complexity index is 1070. The fourth-order valence-electron chi connectivity index (χ4n) is 2.45. The molecular weight excluding hydrogens is 428 g/mol. The maximum Gasteiger partial charge on any atom is 0.244 e. The number of pyridine rings is 1. The van der Waals surface area contributed by atoms with E-state index in [1.54, 1.807) is 26.0 Å². The van der Waals surface area contributed by atoms with Crippen LogP contribution in [0.5, 0.6) is 0 Å². The van der Waals surface area contributed by atoms with E-state index >= 15 is 0 Å². The second-order valence-corrected chi connectivity index (χ2v) is 11.0. The molecule has 9 nitrogen and oxygen atoms in total. The number of carbonyl (C=O) groups excluding carboxylic acids is 1. The number of nitrogens with zero attached hydrogens (tertiary/aromatic N) is 3. The fraction of sp³-hybridized carbons (Fsp3) is 0.368. The van der Waals surface area contributed by atoms with Crippen molar-refractivity contribution in [1.82, 2.24) is 18.9 Å². The van der Waals surface area contributed by atoms with Gasteiger partial charge in [-0.1, -0.05) is 12.1 Å². The SMILES string of the molecule is CC(C)N(C)S(=O)(=O)c1ccc(CNC(=O)CN(C)S(=O)(=O)c2cccnc2)cc1. The van der Waals surface area contributed by atoms with Crippen LogP contribution in [0.2, 0.25) is 0 Å². The lowest BCUT2D eigenvalue weighted by atomic mass is 10.2. The molecule has 0 aliphatic carbocycles. The summed E-state index contributed by atoms with van der Waals surface area (Å²) in [5.74, 6) is -0.485. The van der Waals surface area contributed by atoms with Gasteiger partial charge in [0.2, 0.25) is 26.0 Å². The summed E-state index contributed by atoms with van der Waals surface area (Å²) in [5.41, 5.74) is 0.687. The molecule has 0 atom stereocenters. The average molecular weight is 455 g/mol. The van der Waals surface area contributed by atoms with Gasteiger partial charge in [-0.25, -0.2) is 16.8 Å². The number of likely N-dealkylation sites (N-methyl/N-ethyl adjacent to an activating group) is 1. The number of nitrogens with one attached hydrogen (secondary N) is 1. The number of rotatable bonds is 9. The van der Waals surface area contributed by atoms with Crippen LogP contribution in [0.1, 0.15) is 19.4 Å². The van der Waals surface area contributed by atoms with Crippen molar-refractivity contribution >= 4 is 26.0 Å².